The van der Waals surface area contributed by atoms with Gasteiger partial charge in [-0.25, -0.2) is 4.98 Å². The SMILES string of the molecule is Cc1cc(NC(=O)C(C)SCc2nc3sc(C)c(C)c3c(=O)[nH]2)ccc1Oc1cccnc1. The van der Waals surface area contributed by atoms with Crippen LogP contribution in [0.1, 0.15) is 28.8 Å². The number of amides is 1. The molecule has 0 bridgehead atoms. The molecule has 0 saturated carbocycles. The normalized spacial score (nSPS) is 12.0. The minimum absolute atomic E-state index is 0.119. The zero-order valence-corrected chi connectivity index (χ0v) is 20.4. The molecule has 0 fully saturated rings. The first kappa shape index (κ1) is 23.0. The summed E-state index contributed by atoms with van der Waals surface area (Å²) in [5.74, 6) is 2.25. The highest BCUT2D eigenvalue weighted by Crippen LogP contribution is 2.28. The summed E-state index contributed by atoms with van der Waals surface area (Å²) < 4.78 is 5.84. The number of nitrogens with one attached hydrogen (secondary N) is 2. The second-order valence-electron chi connectivity index (χ2n) is 7.69. The average molecular weight is 481 g/mol. The van der Waals surface area contributed by atoms with Crippen molar-refractivity contribution in [2.24, 2.45) is 0 Å². The number of benzene rings is 1. The van der Waals surface area contributed by atoms with Crippen LogP contribution in [0.25, 0.3) is 10.2 Å². The third kappa shape index (κ3) is 5.26. The van der Waals surface area contributed by atoms with Crippen LogP contribution in [0.4, 0.5) is 5.69 Å². The molecule has 33 heavy (non-hydrogen) atoms. The van der Waals surface area contributed by atoms with E-state index in [-0.39, 0.29) is 16.7 Å². The van der Waals surface area contributed by atoms with Crippen LogP contribution >= 0.6 is 23.1 Å². The number of carbonyl (C=O) groups is 1. The number of aromatic amines is 1. The number of ether oxygens (including phenoxy) is 1. The van der Waals surface area contributed by atoms with Gasteiger partial charge in [-0.05, 0) is 69.2 Å². The van der Waals surface area contributed by atoms with Gasteiger partial charge in [-0.15, -0.1) is 23.1 Å². The molecule has 2 N–H and O–H groups in total. The first-order valence-electron chi connectivity index (χ1n) is 10.4. The topological polar surface area (TPSA) is 97.0 Å². The smallest absolute Gasteiger partial charge is 0.259 e. The molecule has 4 aromatic rings. The van der Waals surface area contributed by atoms with E-state index in [1.807, 2.05) is 58.0 Å². The third-order valence-corrected chi connectivity index (χ3v) is 7.49. The van der Waals surface area contributed by atoms with Crippen molar-refractivity contribution in [1.29, 1.82) is 0 Å². The molecule has 3 heterocycles. The van der Waals surface area contributed by atoms with E-state index in [2.05, 4.69) is 20.3 Å². The van der Waals surface area contributed by atoms with E-state index < -0.39 is 0 Å². The first-order valence-corrected chi connectivity index (χ1v) is 12.3. The highest BCUT2D eigenvalue weighted by atomic mass is 32.2. The fraction of sp³-hybridized carbons (Fsp3) is 0.250. The van der Waals surface area contributed by atoms with Gasteiger partial charge in [-0.3, -0.25) is 14.6 Å². The van der Waals surface area contributed by atoms with Crippen LogP contribution in [0.3, 0.4) is 0 Å². The third-order valence-electron chi connectivity index (χ3n) is 5.23. The number of H-pyrrole nitrogens is 1. The van der Waals surface area contributed by atoms with Crippen molar-refractivity contribution in [1.82, 2.24) is 15.0 Å². The van der Waals surface area contributed by atoms with Crippen LogP contribution in [-0.4, -0.2) is 26.1 Å². The highest BCUT2D eigenvalue weighted by Gasteiger charge is 2.17. The van der Waals surface area contributed by atoms with Crippen molar-refractivity contribution >= 4 is 44.9 Å². The lowest BCUT2D eigenvalue weighted by molar-refractivity contribution is -0.115. The molecule has 1 aromatic carbocycles. The van der Waals surface area contributed by atoms with E-state index >= 15 is 0 Å². The molecule has 0 saturated heterocycles. The Hall–Kier alpha value is -3.17. The van der Waals surface area contributed by atoms with Gasteiger partial charge in [0.2, 0.25) is 5.91 Å². The Kier molecular flexibility index (Phi) is 6.80. The summed E-state index contributed by atoms with van der Waals surface area (Å²) in [4.78, 5) is 38.4. The van der Waals surface area contributed by atoms with Crippen molar-refractivity contribution < 1.29 is 9.53 Å². The lowest BCUT2D eigenvalue weighted by Crippen LogP contribution is -2.23. The van der Waals surface area contributed by atoms with Gasteiger partial charge >= 0.3 is 0 Å². The number of fused-ring (bicyclic) bond motifs is 1. The quantitative estimate of drug-likeness (QED) is 0.370. The van der Waals surface area contributed by atoms with Gasteiger partial charge in [-0.2, -0.15) is 0 Å². The zero-order valence-electron chi connectivity index (χ0n) is 18.8. The van der Waals surface area contributed by atoms with Crippen LogP contribution < -0.4 is 15.6 Å². The van der Waals surface area contributed by atoms with Gasteiger partial charge in [0.05, 0.1) is 22.6 Å². The first-order chi connectivity index (χ1) is 15.8. The predicted octanol–water partition coefficient (Wildman–Crippen LogP) is 5.36. The van der Waals surface area contributed by atoms with Gasteiger partial charge < -0.3 is 15.0 Å². The second kappa shape index (κ2) is 9.76. The number of pyridine rings is 1. The molecule has 3 aromatic heterocycles. The molecule has 0 aliphatic heterocycles. The molecule has 0 aliphatic rings. The monoisotopic (exact) mass is 480 g/mol. The summed E-state index contributed by atoms with van der Waals surface area (Å²) in [6, 6.07) is 9.15. The highest BCUT2D eigenvalue weighted by molar-refractivity contribution is 7.99. The van der Waals surface area contributed by atoms with E-state index in [1.165, 1.54) is 23.1 Å². The average Bonchev–Trinajstić information content (AvgIpc) is 3.08. The second-order valence-corrected chi connectivity index (χ2v) is 10.2. The minimum atomic E-state index is -0.329. The fourth-order valence-corrected chi connectivity index (χ4v) is 5.07. The predicted molar refractivity (Wildman–Crippen MR) is 135 cm³/mol. The van der Waals surface area contributed by atoms with Crippen molar-refractivity contribution in [3.63, 3.8) is 0 Å². The largest absolute Gasteiger partial charge is 0.455 e. The number of aryl methyl sites for hydroxylation is 3. The molecule has 0 spiro atoms. The number of carbonyl (C=O) groups excluding carboxylic acids is 1. The van der Waals surface area contributed by atoms with E-state index in [0.717, 1.165) is 20.8 Å². The van der Waals surface area contributed by atoms with Crippen LogP contribution in [0.5, 0.6) is 11.5 Å². The van der Waals surface area contributed by atoms with Crippen molar-refractivity contribution in [2.45, 2.75) is 38.7 Å². The van der Waals surface area contributed by atoms with Gasteiger partial charge in [0.15, 0.2) is 0 Å². The maximum atomic E-state index is 12.7. The Bertz CT molecular complexity index is 1370. The van der Waals surface area contributed by atoms with Gasteiger partial charge in [0.1, 0.15) is 22.2 Å². The minimum Gasteiger partial charge on any atom is -0.455 e. The lowest BCUT2D eigenvalue weighted by Gasteiger charge is -2.14. The number of thiophene rings is 1. The van der Waals surface area contributed by atoms with E-state index in [0.29, 0.717) is 34.1 Å². The molecule has 7 nitrogen and oxygen atoms in total. The summed E-state index contributed by atoms with van der Waals surface area (Å²) in [6.45, 7) is 7.68. The molecular weight excluding hydrogens is 456 g/mol. The Balaban J connectivity index is 1.37. The number of aromatic nitrogens is 3. The molecule has 1 amide bonds. The van der Waals surface area contributed by atoms with Gasteiger partial charge in [0, 0.05) is 16.8 Å². The number of hydrogen-bond acceptors (Lipinski definition) is 7. The van der Waals surface area contributed by atoms with Crippen LogP contribution in [0, 0.1) is 20.8 Å². The molecule has 0 aliphatic carbocycles. The molecule has 1 atom stereocenters. The summed E-state index contributed by atoms with van der Waals surface area (Å²) >= 11 is 2.94. The van der Waals surface area contributed by atoms with Crippen LogP contribution in [0.15, 0.2) is 47.5 Å². The standard InChI is InChI=1S/C24H24N4O3S2/c1-13-10-17(7-8-19(13)31-18-6-5-9-25-11-18)26-22(29)16(4)32-12-20-27-23(30)21-14(2)15(3)33-24(21)28-20/h5-11,16H,12H2,1-4H3,(H,26,29)(H,27,28,30). The van der Waals surface area contributed by atoms with E-state index in [4.69, 9.17) is 4.74 Å². The Morgan fingerprint density at radius 2 is 2.09 bits per heavy atom. The molecule has 9 heteroatoms. The Morgan fingerprint density at radius 1 is 1.27 bits per heavy atom. The summed E-state index contributed by atoms with van der Waals surface area (Å²) in [5, 5.41) is 3.27. The van der Waals surface area contributed by atoms with Gasteiger partial charge in [-0.1, -0.05) is 0 Å². The number of hydrogen-bond donors (Lipinski definition) is 2. The molecule has 1 unspecified atom stereocenters. The van der Waals surface area contributed by atoms with Crippen LogP contribution in [-0.2, 0) is 10.5 Å². The summed E-state index contributed by atoms with van der Waals surface area (Å²) in [6.07, 6.45) is 3.34. The molecule has 4 rings (SSSR count). The lowest BCUT2D eigenvalue weighted by atomic mass is 10.2. The summed E-state index contributed by atoms with van der Waals surface area (Å²) in [7, 11) is 0. The number of nitrogens with zero attached hydrogens (tertiary/aromatic N) is 2. The Labute approximate surface area is 199 Å². The number of thioether (sulfide) groups is 1. The Morgan fingerprint density at radius 3 is 2.82 bits per heavy atom. The van der Waals surface area contributed by atoms with Crippen LogP contribution in [0.2, 0.25) is 0 Å². The van der Waals surface area contributed by atoms with E-state index in [9.17, 15) is 9.59 Å². The summed E-state index contributed by atoms with van der Waals surface area (Å²) in [5.41, 5.74) is 2.44. The fourth-order valence-electron chi connectivity index (χ4n) is 3.27. The van der Waals surface area contributed by atoms with Crippen molar-refractivity contribution in [3.05, 3.63) is 74.9 Å². The van der Waals surface area contributed by atoms with Crippen molar-refractivity contribution in [2.75, 3.05) is 5.32 Å². The zero-order chi connectivity index (χ0) is 23.5. The maximum absolute atomic E-state index is 12.7. The van der Waals surface area contributed by atoms with Crippen molar-refractivity contribution in [3.8, 4) is 11.5 Å². The van der Waals surface area contributed by atoms with E-state index in [1.54, 1.807) is 12.4 Å². The molecular formula is C24H24N4O3S2. The maximum Gasteiger partial charge on any atom is 0.259 e. The molecule has 0 radical (unpaired) electrons. The number of rotatable bonds is 7. The van der Waals surface area contributed by atoms with Gasteiger partial charge in [0.25, 0.3) is 5.56 Å². The molecule has 170 valence electrons. The number of anilines is 1.